The maximum atomic E-state index is 7.90. The Morgan fingerprint density at radius 1 is 1.85 bits per heavy atom. The molecule has 0 aromatic heterocycles. The molecule has 1 saturated heterocycles. The normalized spacial score (nSPS) is 24.9. The van der Waals surface area contributed by atoms with Crippen molar-refractivity contribution in [1.29, 1.82) is 5.41 Å². The standard InChI is InChI=1S/C10H18N2O/c1-4-5-9-6-7-12(10(9)11)8(2)13-3/h4,8-9,11H,1,5-7H2,2-3H3. The molecule has 1 fully saturated rings. The van der Waals surface area contributed by atoms with Gasteiger partial charge in [0.1, 0.15) is 12.1 Å². The maximum absolute atomic E-state index is 7.90. The van der Waals surface area contributed by atoms with Crippen LogP contribution < -0.4 is 0 Å². The fourth-order valence-electron chi connectivity index (χ4n) is 1.72. The van der Waals surface area contributed by atoms with Crippen LogP contribution in [0.1, 0.15) is 19.8 Å². The summed E-state index contributed by atoms with van der Waals surface area (Å²) in [5, 5.41) is 7.90. The maximum Gasteiger partial charge on any atom is 0.127 e. The predicted octanol–water partition coefficient (Wildman–Crippen LogP) is 1.85. The summed E-state index contributed by atoms with van der Waals surface area (Å²) >= 11 is 0. The number of amidine groups is 1. The SMILES string of the molecule is C=CCC1CCN(C(C)OC)C1=N. The fraction of sp³-hybridized carbons (Fsp3) is 0.700. The molecule has 74 valence electrons. The Kier molecular flexibility index (Phi) is 3.48. The zero-order valence-electron chi connectivity index (χ0n) is 8.42. The summed E-state index contributed by atoms with van der Waals surface area (Å²) in [6.07, 6.45) is 3.88. The van der Waals surface area contributed by atoms with Gasteiger partial charge >= 0.3 is 0 Å². The summed E-state index contributed by atoms with van der Waals surface area (Å²) in [4.78, 5) is 2.01. The summed E-state index contributed by atoms with van der Waals surface area (Å²) in [5.41, 5.74) is 0. The molecular formula is C10H18N2O. The minimum atomic E-state index is 0.0299. The van der Waals surface area contributed by atoms with Gasteiger partial charge in [-0.1, -0.05) is 6.08 Å². The van der Waals surface area contributed by atoms with Gasteiger partial charge in [-0.05, 0) is 19.8 Å². The van der Waals surface area contributed by atoms with Crippen LogP contribution in [0.4, 0.5) is 0 Å². The van der Waals surface area contributed by atoms with Gasteiger partial charge in [0.2, 0.25) is 0 Å². The molecule has 1 aliphatic heterocycles. The Balaban J connectivity index is 2.54. The van der Waals surface area contributed by atoms with Gasteiger partial charge < -0.3 is 9.64 Å². The molecule has 1 N–H and O–H groups in total. The van der Waals surface area contributed by atoms with Crippen LogP contribution in [0.25, 0.3) is 0 Å². The van der Waals surface area contributed by atoms with Crippen LogP contribution in [0.2, 0.25) is 0 Å². The number of hydrogen-bond donors (Lipinski definition) is 1. The summed E-state index contributed by atoms with van der Waals surface area (Å²) < 4.78 is 5.19. The minimum Gasteiger partial charge on any atom is -0.362 e. The molecule has 2 atom stereocenters. The zero-order valence-corrected chi connectivity index (χ0v) is 8.42. The van der Waals surface area contributed by atoms with Crippen molar-refractivity contribution >= 4 is 5.84 Å². The number of likely N-dealkylation sites (tertiary alicyclic amines) is 1. The van der Waals surface area contributed by atoms with E-state index in [2.05, 4.69) is 6.58 Å². The summed E-state index contributed by atoms with van der Waals surface area (Å²) in [6.45, 7) is 6.62. The molecule has 1 heterocycles. The minimum absolute atomic E-state index is 0.0299. The lowest BCUT2D eigenvalue weighted by molar-refractivity contribution is 0.0271. The molecule has 0 aromatic carbocycles. The van der Waals surface area contributed by atoms with Crippen LogP contribution in [0.5, 0.6) is 0 Å². The Hall–Kier alpha value is -0.830. The van der Waals surface area contributed by atoms with Crippen molar-refractivity contribution in [3.05, 3.63) is 12.7 Å². The first-order valence-corrected chi connectivity index (χ1v) is 4.69. The first-order valence-electron chi connectivity index (χ1n) is 4.69. The monoisotopic (exact) mass is 182 g/mol. The van der Waals surface area contributed by atoms with E-state index in [1.54, 1.807) is 7.11 Å². The lowest BCUT2D eigenvalue weighted by atomic mass is 10.0. The van der Waals surface area contributed by atoms with Crippen LogP contribution >= 0.6 is 0 Å². The molecule has 2 unspecified atom stereocenters. The average Bonchev–Trinajstić information content (AvgIpc) is 2.48. The van der Waals surface area contributed by atoms with Crippen molar-refractivity contribution in [3.63, 3.8) is 0 Å². The van der Waals surface area contributed by atoms with Crippen molar-refractivity contribution in [1.82, 2.24) is 4.90 Å². The van der Waals surface area contributed by atoms with Crippen LogP contribution in [0, 0.1) is 11.3 Å². The fourth-order valence-corrected chi connectivity index (χ4v) is 1.72. The summed E-state index contributed by atoms with van der Waals surface area (Å²) in [6, 6.07) is 0. The topological polar surface area (TPSA) is 36.3 Å². The highest BCUT2D eigenvalue weighted by Crippen LogP contribution is 2.23. The molecular weight excluding hydrogens is 164 g/mol. The number of nitrogens with one attached hydrogen (secondary N) is 1. The lowest BCUT2D eigenvalue weighted by Crippen LogP contribution is -2.36. The van der Waals surface area contributed by atoms with Crippen molar-refractivity contribution < 1.29 is 4.74 Å². The highest BCUT2D eigenvalue weighted by Gasteiger charge is 2.29. The van der Waals surface area contributed by atoms with Gasteiger partial charge in [-0.2, -0.15) is 0 Å². The molecule has 0 aliphatic carbocycles. The van der Waals surface area contributed by atoms with E-state index in [-0.39, 0.29) is 6.23 Å². The first-order chi connectivity index (χ1) is 6.20. The van der Waals surface area contributed by atoms with Crippen LogP contribution in [-0.2, 0) is 4.74 Å². The van der Waals surface area contributed by atoms with E-state index in [0.717, 1.165) is 19.4 Å². The number of methoxy groups -OCH3 is 1. The van der Waals surface area contributed by atoms with Gasteiger partial charge in [0.25, 0.3) is 0 Å². The first kappa shape index (κ1) is 10.3. The summed E-state index contributed by atoms with van der Waals surface area (Å²) in [5.74, 6) is 1.06. The van der Waals surface area contributed by atoms with Gasteiger partial charge in [0.05, 0.1) is 0 Å². The zero-order chi connectivity index (χ0) is 9.84. The highest BCUT2D eigenvalue weighted by molar-refractivity contribution is 5.83. The molecule has 0 amide bonds. The Labute approximate surface area is 79.9 Å². The smallest absolute Gasteiger partial charge is 0.127 e. The number of hydrogen-bond acceptors (Lipinski definition) is 2. The second kappa shape index (κ2) is 4.42. The third kappa shape index (κ3) is 2.10. The van der Waals surface area contributed by atoms with E-state index in [9.17, 15) is 0 Å². The van der Waals surface area contributed by atoms with Crippen molar-refractivity contribution in [2.75, 3.05) is 13.7 Å². The predicted molar refractivity (Wildman–Crippen MR) is 53.8 cm³/mol. The van der Waals surface area contributed by atoms with Crippen LogP contribution in [0.3, 0.4) is 0 Å². The third-order valence-electron chi connectivity index (χ3n) is 2.65. The Bertz CT molecular complexity index is 203. The Morgan fingerprint density at radius 3 is 3.08 bits per heavy atom. The molecule has 0 saturated carbocycles. The molecule has 0 spiro atoms. The number of ether oxygens (including phenoxy) is 1. The van der Waals surface area contributed by atoms with Gasteiger partial charge in [0, 0.05) is 19.6 Å². The van der Waals surface area contributed by atoms with Gasteiger partial charge in [-0.25, -0.2) is 0 Å². The van der Waals surface area contributed by atoms with Crippen molar-refractivity contribution in [2.24, 2.45) is 5.92 Å². The number of rotatable bonds is 4. The number of nitrogens with zero attached hydrogens (tertiary/aromatic N) is 1. The second-order valence-corrected chi connectivity index (χ2v) is 3.42. The lowest BCUT2D eigenvalue weighted by Gasteiger charge is -2.25. The molecule has 1 aliphatic rings. The van der Waals surface area contributed by atoms with E-state index in [4.69, 9.17) is 10.1 Å². The molecule has 3 heteroatoms. The Morgan fingerprint density at radius 2 is 2.54 bits per heavy atom. The van der Waals surface area contributed by atoms with Crippen LogP contribution in [-0.4, -0.2) is 30.6 Å². The van der Waals surface area contributed by atoms with Crippen molar-refractivity contribution in [3.8, 4) is 0 Å². The third-order valence-corrected chi connectivity index (χ3v) is 2.65. The van der Waals surface area contributed by atoms with Crippen molar-refractivity contribution in [2.45, 2.75) is 26.0 Å². The quantitative estimate of drug-likeness (QED) is 0.674. The van der Waals surface area contributed by atoms with E-state index in [1.165, 1.54) is 0 Å². The molecule has 0 bridgehead atoms. The largest absolute Gasteiger partial charge is 0.362 e. The van der Waals surface area contributed by atoms with E-state index in [1.807, 2.05) is 17.9 Å². The van der Waals surface area contributed by atoms with E-state index in [0.29, 0.717) is 11.8 Å². The molecule has 1 rings (SSSR count). The highest BCUT2D eigenvalue weighted by atomic mass is 16.5. The van der Waals surface area contributed by atoms with Gasteiger partial charge in [0.15, 0.2) is 0 Å². The molecule has 3 nitrogen and oxygen atoms in total. The summed E-state index contributed by atoms with van der Waals surface area (Å²) in [7, 11) is 1.68. The second-order valence-electron chi connectivity index (χ2n) is 3.42. The van der Waals surface area contributed by atoms with E-state index >= 15 is 0 Å². The molecule has 0 radical (unpaired) electrons. The van der Waals surface area contributed by atoms with Gasteiger partial charge in [-0.3, -0.25) is 5.41 Å². The molecule has 13 heavy (non-hydrogen) atoms. The van der Waals surface area contributed by atoms with Crippen LogP contribution in [0.15, 0.2) is 12.7 Å². The molecule has 0 aromatic rings. The average molecular weight is 182 g/mol. The number of allylic oxidation sites excluding steroid dienone is 1. The van der Waals surface area contributed by atoms with E-state index < -0.39 is 0 Å². The van der Waals surface area contributed by atoms with Gasteiger partial charge in [-0.15, -0.1) is 6.58 Å².